The Morgan fingerprint density at radius 1 is 1.50 bits per heavy atom. The highest BCUT2D eigenvalue weighted by molar-refractivity contribution is 5.73. The Bertz CT molecular complexity index is 396. The smallest absolute Gasteiger partial charge is 0.303 e. The lowest BCUT2D eigenvalue weighted by Gasteiger charge is -2.40. The first-order valence-electron chi connectivity index (χ1n) is 6.11. The zero-order valence-electron chi connectivity index (χ0n) is 11.6. The standard InChI is InChI=1S/C11H18N4O5/c1-6(16)14-8-4-10(18-3)20-9(5-13-15-12)11(8)19-7(2)17/h8-11H,4-5H2,1-3H3,(H,14,16)/t8-,9+,10-,11-/m0/s1. The molecule has 4 atom stereocenters. The molecule has 0 aromatic carbocycles. The number of methoxy groups -OCH3 is 1. The van der Waals surface area contributed by atoms with Gasteiger partial charge >= 0.3 is 5.97 Å². The van der Waals surface area contributed by atoms with E-state index in [1.54, 1.807) is 0 Å². The Balaban J connectivity index is 2.91. The molecule has 0 aromatic rings. The maximum Gasteiger partial charge on any atom is 0.303 e. The van der Waals surface area contributed by atoms with E-state index in [9.17, 15) is 9.59 Å². The predicted molar refractivity (Wildman–Crippen MR) is 67.5 cm³/mol. The average Bonchev–Trinajstić information content (AvgIpc) is 2.37. The van der Waals surface area contributed by atoms with Gasteiger partial charge in [0, 0.05) is 32.3 Å². The van der Waals surface area contributed by atoms with Gasteiger partial charge in [-0.3, -0.25) is 9.59 Å². The summed E-state index contributed by atoms with van der Waals surface area (Å²) in [5.74, 6) is -0.762. The van der Waals surface area contributed by atoms with Crippen molar-refractivity contribution in [2.45, 2.75) is 44.8 Å². The maximum absolute atomic E-state index is 11.2. The average molecular weight is 286 g/mol. The van der Waals surface area contributed by atoms with Gasteiger partial charge in [-0.05, 0) is 5.53 Å². The van der Waals surface area contributed by atoms with Crippen LogP contribution in [0.3, 0.4) is 0 Å². The number of carbonyl (C=O) groups is 2. The summed E-state index contributed by atoms with van der Waals surface area (Å²) in [6.07, 6.45) is -1.64. The highest BCUT2D eigenvalue weighted by Gasteiger charge is 2.41. The van der Waals surface area contributed by atoms with Gasteiger partial charge in [0.1, 0.15) is 12.2 Å². The zero-order valence-corrected chi connectivity index (χ0v) is 11.6. The number of ether oxygens (including phenoxy) is 3. The summed E-state index contributed by atoms with van der Waals surface area (Å²) in [5.41, 5.74) is 8.39. The normalized spacial score (nSPS) is 29.1. The molecule has 0 aromatic heterocycles. The van der Waals surface area contributed by atoms with Gasteiger partial charge in [0.15, 0.2) is 6.29 Å². The topological polar surface area (TPSA) is 123 Å². The van der Waals surface area contributed by atoms with Crippen LogP contribution in [0, 0.1) is 0 Å². The molecule has 1 heterocycles. The van der Waals surface area contributed by atoms with Gasteiger partial charge in [-0.2, -0.15) is 0 Å². The lowest BCUT2D eigenvalue weighted by atomic mass is 9.98. The molecule has 0 bridgehead atoms. The molecule has 9 heteroatoms. The number of hydrogen-bond donors (Lipinski definition) is 1. The van der Waals surface area contributed by atoms with Crippen LogP contribution in [0.15, 0.2) is 5.11 Å². The number of carbonyl (C=O) groups excluding carboxylic acids is 2. The van der Waals surface area contributed by atoms with Crippen LogP contribution >= 0.6 is 0 Å². The van der Waals surface area contributed by atoms with E-state index in [2.05, 4.69) is 15.3 Å². The van der Waals surface area contributed by atoms with Crippen LogP contribution in [0.4, 0.5) is 0 Å². The molecule has 0 unspecified atom stereocenters. The fraction of sp³-hybridized carbons (Fsp3) is 0.818. The molecule has 1 saturated heterocycles. The van der Waals surface area contributed by atoms with Gasteiger partial charge in [0.25, 0.3) is 0 Å². The molecule has 1 aliphatic rings. The molecule has 1 aliphatic heterocycles. The van der Waals surface area contributed by atoms with Gasteiger partial charge < -0.3 is 19.5 Å². The van der Waals surface area contributed by atoms with Crippen LogP contribution in [-0.4, -0.2) is 50.1 Å². The molecule has 1 amide bonds. The molecule has 20 heavy (non-hydrogen) atoms. The summed E-state index contributed by atoms with van der Waals surface area (Å²) in [5, 5.41) is 6.13. The molecule has 0 aliphatic carbocycles. The molecule has 1 fully saturated rings. The van der Waals surface area contributed by atoms with Gasteiger partial charge in [-0.25, -0.2) is 0 Å². The maximum atomic E-state index is 11.2. The summed E-state index contributed by atoms with van der Waals surface area (Å²) in [4.78, 5) is 25.1. The third-order valence-corrected chi connectivity index (χ3v) is 2.81. The lowest BCUT2D eigenvalue weighted by Crippen LogP contribution is -2.58. The Labute approximate surface area is 116 Å². The van der Waals surface area contributed by atoms with E-state index in [1.807, 2.05) is 0 Å². The first-order valence-corrected chi connectivity index (χ1v) is 6.11. The van der Waals surface area contributed by atoms with Crippen LogP contribution in [0.2, 0.25) is 0 Å². The second-order valence-corrected chi connectivity index (χ2v) is 4.37. The minimum atomic E-state index is -0.728. The van der Waals surface area contributed by atoms with Gasteiger partial charge in [-0.1, -0.05) is 5.11 Å². The molecular formula is C11H18N4O5. The SMILES string of the molecule is CO[C@@H]1C[C@H](NC(C)=O)[C@H](OC(C)=O)[C@@H](CN=[N+]=[N-])O1. The Morgan fingerprint density at radius 3 is 2.70 bits per heavy atom. The summed E-state index contributed by atoms with van der Waals surface area (Å²) in [6.45, 7) is 2.60. The van der Waals surface area contributed by atoms with E-state index in [4.69, 9.17) is 19.7 Å². The number of esters is 1. The van der Waals surface area contributed by atoms with E-state index >= 15 is 0 Å². The van der Waals surface area contributed by atoms with Crippen molar-refractivity contribution in [3.63, 3.8) is 0 Å². The third-order valence-electron chi connectivity index (χ3n) is 2.81. The number of hydrogen-bond acceptors (Lipinski definition) is 6. The molecular weight excluding hydrogens is 268 g/mol. The van der Waals surface area contributed by atoms with Gasteiger partial charge in [0.2, 0.25) is 5.91 Å². The van der Waals surface area contributed by atoms with Crippen LogP contribution in [0.25, 0.3) is 10.4 Å². The summed E-state index contributed by atoms with van der Waals surface area (Å²) < 4.78 is 15.9. The van der Waals surface area contributed by atoms with Crippen LogP contribution in [0.1, 0.15) is 20.3 Å². The monoisotopic (exact) mass is 286 g/mol. The minimum Gasteiger partial charge on any atom is -0.458 e. The highest BCUT2D eigenvalue weighted by atomic mass is 16.7. The highest BCUT2D eigenvalue weighted by Crippen LogP contribution is 2.24. The second kappa shape index (κ2) is 7.68. The number of nitrogens with one attached hydrogen (secondary N) is 1. The predicted octanol–water partition coefficient (Wildman–Crippen LogP) is 0.494. The van der Waals surface area contributed by atoms with Crippen molar-refractivity contribution in [3.8, 4) is 0 Å². The van der Waals surface area contributed by atoms with E-state index in [-0.39, 0.29) is 12.5 Å². The fourth-order valence-corrected chi connectivity index (χ4v) is 2.10. The Kier molecular flexibility index (Phi) is 6.23. The van der Waals surface area contributed by atoms with Crippen molar-refractivity contribution in [1.82, 2.24) is 5.32 Å². The van der Waals surface area contributed by atoms with Crippen LogP contribution in [0.5, 0.6) is 0 Å². The molecule has 0 radical (unpaired) electrons. The molecule has 0 saturated carbocycles. The second-order valence-electron chi connectivity index (χ2n) is 4.37. The number of rotatable bonds is 5. The molecule has 1 N–H and O–H groups in total. The molecule has 9 nitrogen and oxygen atoms in total. The summed E-state index contributed by atoms with van der Waals surface area (Å²) >= 11 is 0. The minimum absolute atomic E-state index is 0.0234. The molecule has 112 valence electrons. The molecule has 1 rings (SSSR count). The Morgan fingerprint density at radius 2 is 2.20 bits per heavy atom. The Hall–Kier alpha value is -1.83. The third kappa shape index (κ3) is 4.69. The summed E-state index contributed by atoms with van der Waals surface area (Å²) in [7, 11) is 1.46. The first kappa shape index (κ1) is 16.2. The van der Waals surface area contributed by atoms with Crippen LogP contribution < -0.4 is 5.32 Å². The number of azide groups is 1. The van der Waals surface area contributed by atoms with Gasteiger partial charge in [-0.15, -0.1) is 0 Å². The fourth-order valence-electron chi connectivity index (χ4n) is 2.10. The van der Waals surface area contributed by atoms with Gasteiger partial charge in [0.05, 0.1) is 12.6 Å². The van der Waals surface area contributed by atoms with Crippen LogP contribution in [-0.2, 0) is 23.8 Å². The van der Waals surface area contributed by atoms with Crippen molar-refractivity contribution >= 4 is 11.9 Å². The first-order chi connectivity index (χ1) is 9.47. The largest absolute Gasteiger partial charge is 0.458 e. The van der Waals surface area contributed by atoms with Crippen molar-refractivity contribution in [2.24, 2.45) is 5.11 Å². The molecule has 0 spiro atoms. The van der Waals surface area contributed by atoms with E-state index in [0.29, 0.717) is 6.42 Å². The van der Waals surface area contributed by atoms with Crippen molar-refractivity contribution in [1.29, 1.82) is 0 Å². The number of amides is 1. The van der Waals surface area contributed by atoms with E-state index in [1.165, 1.54) is 21.0 Å². The van der Waals surface area contributed by atoms with Crippen molar-refractivity contribution < 1.29 is 23.8 Å². The quantitative estimate of drug-likeness (QED) is 0.341. The summed E-state index contributed by atoms with van der Waals surface area (Å²) in [6, 6.07) is -0.464. The van der Waals surface area contributed by atoms with Crippen molar-refractivity contribution in [3.05, 3.63) is 10.4 Å². The van der Waals surface area contributed by atoms with Crippen molar-refractivity contribution in [2.75, 3.05) is 13.7 Å². The van der Waals surface area contributed by atoms with E-state index in [0.717, 1.165) is 0 Å². The number of nitrogens with zero attached hydrogens (tertiary/aromatic N) is 3. The zero-order chi connectivity index (χ0) is 15.1. The lowest BCUT2D eigenvalue weighted by molar-refractivity contribution is -0.225. The van der Waals surface area contributed by atoms with E-state index < -0.39 is 30.5 Å².